The third kappa shape index (κ3) is 6.24. The first-order valence-corrected chi connectivity index (χ1v) is 7.31. The number of thiophene rings is 1. The molecular formula is C13H22N4OS. The summed E-state index contributed by atoms with van der Waals surface area (Å²) >= 11 is 1.68. The Morgan fingerprint density at radius 2 is 2.05 bits per heavy atom. The van der Waals surface area contributed by atoms with E-state index < -0.39 is 0 Å². The summed E-state index contributed by atoms with van der Waals surface area (Å²) in [6.07, 6.45) is 0. The molecule has 0 aliphatic rings. The van der Waals surface area contributed by atoms with Crippen LogP contribution in [0.25, 0.3) is 0 Å². The van der Waals surface area contributed by atoms with Crippen molar-refractivity contribution in [1.82, 2.24) is 16.0 Å². The minimum Gasteiger partial charge on any atom is -0.355 e. The number of hydrogen-bond acceptors (Lipinski definition) is 3. The van der Waals surface area contributed by atoms with Crippen molar-refractivity contribution >= 4 is 23.2 Å². The summed E-state index contributed by atoms with van der Waals surface area (Å²) in [5.41, 5.74) is 1.24. The summed E-state index contributed by atoms with van der Waals surface area (Å²) in [5, 5.41) is 13.4. The molecule has 0 bridgehead atoms. The number of rotatable bonds is 6. The molecular weight excluding hydrogens is 260 g/mol. The highest BCUT2D eigenvalue weighted by molar-refractivity contribution is 7.07. The van der Waals surface area contributed by atoms with Crippen LogP contribution in [0.5, 0.6) is 0 Å². The van der Waals surface area contributed by atoms with Crippen LogP contribution in [0.1, 0.15) is 19.4 Å². The van der Waals surface area contributed by atoms with Crippen LogP contribution in [0, 0.1) is 5.92 Å². The van der Waals surface area contributed by atoms with Crippen molar-refractivity contribution in [3.05, 3.63) is 22.4 Å². The Morgan fingerprint density at radius 3 is 2.63 bits per heavy atom. The van der Waals surface area contributed by atoms with E-state index in [4.69, 9.17) is 0 Å². The van der Waals surface area contributed by atoms with Crippen LogP contribution in [-0.2, 0) is 11.3 Å². The molecule has 3 N–H and O–H groups in total. The molecule has 0 unspecified atom stereocenters. The van der Waals surface area contributed by atoms with E-state index in [1.807, 2.05) is 13.8 Å². The van der Waals surface area contributed by atoms with Gasteiger partial charge in [0.25, 0.3) is 0 Å². The van der Waals surface area contributed by atoms with Crippen LogP contribution in [0.15, 0.2) is 21.8 Å². The fraction of sp³-hybridized carbons (Fsp3) is 0.538. The first kappa shape index (κ1) is 15.5. The van der Waals surface area contributed by atoms with E-state index >= 15 is 0 Å². The number of nitrogens with zero attached hydrogens (tertiary/aromatic N) is 1. The lowest BCUT2D eigenvalue weighted by Gasteiger charge is -2.12. The lowest BCUT2D eigenvalue weighted by atomic mass is 10.2. The molecule has 1 aromatic rings. The van der Waals surface area contributed by atoms with E-state index in [2.05, 4.69) is 37.8 Å². The van der Waals surface area contributed by atoms with E-state index in [9.17, 15) is 4.79 Å². The first-order valence-electron chi connectivity index (χ1n) is 6.36. The smallest absolute Gasteiger partial charge is 0.222 e. The Kier molecular flexibility index (Phi) is 6.95. The van der Waals surface area contributed by atoms with Crippen molar-refractivity contribution in [1.29, 1.82) is 0 Å². The van der Waals surface area contributed by atoms with E-state index in [1.54, 1.807) is 18.4 Å². The molecule has 0 saturated carbocycles. The van der Waals surface area contributed by atoms with Crippen LogP contribution >= 0.6 is 11.3 Å². The molecule has 0 aliphatic carbocycles. The molecule has 1 aromatic heterocycles. The molecule has 0 radical (unpaired) electrons. The van der Waals surface area contributed by atoms with Crippen molar-refractivity contribution in [3.8, 4) is 0 Å². The Balaban J connectivity index is 2.17. The van der Waals surface area contributed by atoms with E-state index in [-0.39, 0.29) is 11.8 Å². The molecule has 106 valence electrons. The van der Waals surface area contributed by atoms with Gasteiger partial charge in [0.15, 0.2) is 5.96 Å². The van der Waals surface area contributed by atoms with Crippen LogP contribution in [-0.4, -0.2) is 32.0 Å². The van der Waals surface area contributed by atoms with Crippen molar-refractivity contribution in [3.63, 3.8) is 0 Å². The number of hydrogen-bond donors (Lipinski definition) is 3. The summed E-state index contributed by atoms with van der Waals surface area (Å²) in [6, 6.07) is 2.08. The average molecular weight is 282 g/mol. The van der Waals surface area contributed by atoms with Crippen molar-refractivity contribution < 1.29 is 4.79 Å². The largest absolute Gasteiger partial charge is 0.355 e. The highest BCUT2D eigenvalue weighted by Crippen LogP contribution is 2.04. The first-order chi connectivity index (χ1) is 9.13. The van der Waals surface area contributed by atoms with Gasteiger partial charge >= 0.3 is 0 Å². The third-order valence-corrected chi connectivity index (χ3v) is 3.24. The maximum atomic E-state index is 11.4. The number of aliphatic imine (C=N–C) groups is 1. The van der Waals surface area contributed by atoms with Crippen molar-refractivity contribution in [2.75, 3.05) is 20.1 Å². The van der Waals surface area contributed by atoms with Crippen LogP contribution in [0.4, 0.5) is 0 Å². The highest BCUT2D eigenvalue weighted by atomic mass is 32.1. The molecule has 5 nitrogen and oxygen atoms in total. The van der Waals surface area contributed by atoms with Gasteiger partial charge in [-0.15, -0.1) is 0 Å². The van der Waals surface area contributed by atoms with Crippen LogP contribution in [0.2, 0.25) is 0 Å². The van der Waals surface area contributed by atoms with Gasteiger partial charge in [0, 0.05) is 32.6 Å². The highest BCUT2D eigenvalue weighted by Gasteiger charge is 2.05. The van der Waals surface area contributed by atoms with Gasteiger partial charge in [-0.1, -0.05) is 13.8 Å². The monoisotopic (exact) mass is 282 g/mol. The standard InChI is InChI=1S/C13H22N4OS/c1-10(2)12(18)15-5-6-16-13(14-3)17-8-11-4-7-19-9-11/h4,7,9-10H,5-6,8H2,1-3H3,(H,15,18)(H2,14,16,17). The molecule has 1 heterocycles. The molecule has 6 heteroatoms. The maximum absolute atomic E-state index is 11.4. The zero-order chi connectivity index (χ0) is 14.1. The number of amides is 1. The summed E-state index contributed by atoms with van der Waals surface area (Å²) in [4.78, 5) is 15.5. The Bertz CT molecular complexity index is 401. The van der Waals surface area contributed by atoms with Crippen molar-refractivity contribution in [2.24, 2.45) is 10.9 Å². The predicted molar refractivity (Wildman–Crippen MR) is 80.4 cm³/mol. The second kappa shape index (κ2) is 8.53. The van der Waals surface area contributed by atoms with Gasteiger partial charge in [0.2, 0.25) is 5.91 Å². The Hall–Kier alpha value is -1.56. The Morgan fingerprint density at radius 1 is 1.32 bits per heavy atom. The summed E-state index contributed by atoms with van der Waals surface area (Å²) in [6.45, 7) is 5.76. The molecule has 0 aromatic carbocycles. The summed E-state index contributed by atoms with van der Waals surface area (Å²) in [5.74, 6) is 0.837. The van der Waals surface area contributed by atoms with Gasteiger partial charge in [-0.05, 0) is 22.4 Å². The third-order valence-electron chi connectivity index (χ3n) is 2.50. The van der Waals surface area contributed by atoms with E-state index in [1.165, 1.54) is 5.56 Å². The molecule has 19 heavy (non-hydrogen) atoms. The van der Waals surface area contributed by atoms with Gasteiger partial charge < -0.3 is 16.0 Å². The van der Waals surface area contributed by atoms with E-state index in [0.717, 1.165) is 12.5 Å². The molecule has 0 aliphatic heterocycles. The zero-order valence-electron chi connectivity index (χ0n) is 11.7. The maximum Gasteiger partial charge on any atom is 0.222 e. The molecule has 0 saturated heterocycles. The minimum atomic E-state index is 0.0241. The van der Waals surface area contributed by atoms with Crippen LogP contribution < -0.4 is 16.0 Å². The molecule has 0 atom stereocenters. The lowest BCUT2D eigenvalue weighted by Crippen LogP contribution is -2.41. The number of carbonyl (C=O) groups excluding carboxylic acids is 1. The summed E-state index contributed by atoms with van der Waals surface area (Å²) < 4.78 is 0. The fourth-order valence-electron chi connectivity index (χ4n) is 1.37. The van der Waals surface area contributed by atoms with Gasteiger partial charge in [-0.3, -0.25) is 9.79 Å². The molecule has 1 rings (SSSR count). The molecule has 1 amide bonds. The fourth-order valence-corrected chi connectivity index (χ4v) is 2.04. The lowest BCUT2D eigenvalue weighted by molar-refractivity contribution is -0.123. The topological polar surface area (TPSA) is 65.5 Å². The molecule has 0 fully saturated rings. The number of carbonyl (C=O) groups is 1. The molecule has 0 spiro atoms. The normalized spacial score (nSPS) is 11.5. The van der Waals surface area contributed by atoms with Gasteiger partial charge in [0.05, 0.1) is 0 Å². The predicted octanol–water partition coefficient (Wildman–Crippen LogP) is 1.19. The van der Waals surface area contributed by atoms with Gasteiger partial charge in [-0.25, -0.2) is 0 Å². The quantitative estimate of drug-likeness (QED) is 0.417. The SMILES string of the molecule is CN=C(NCCNC(=O)C(C)C)NCc1ccsc1. The number of nitrogens with one attached hydrogen (secondary N) is 3. The van der Waals surface area contributed by atoms with Crippen LogP contribution in [0.3, 0.4) is 0 Å². The summed E-state index contributed by atoms with van der Waals surface area (Å²) in [7, 11) is 1.73. The average Bonchev–Trinajstić information content (AvgIpc) is 2.90. The second-order valence-corrected chi connectivity index (χ2v) is 5.21. The van der Waals surface area contributed by atoms with Gasteiger partial charge in [0.1, 0.15) is 0 Å². The second-order valence-electron chi connectivity index (χ2n) is 4.43. The number of guanidine groups is 1. The zero-order valence-corrected chi connectivity index (χ0v) is 12.5. The Labute approximate surface area is 118 Å². The van der Waals surface area contributed by atoms with Crippen molar-refractivity contribution in [2.45, 2.75) is 20.4 Å². The van der Waals surface area contributed by atoms with Gasteiger partial charge in [-0.2, -0.15) is 11.3 Å². The van der Waals surface area contributed by atoms with E-state index in [0.29, 0.717) is 13.1 Å². The minimum absolute atomic E-state index is 0.0241.